The summed E-state index contributed by atoms with van der Waals surface area (Å²) in [7, 11) is 0. The molecule has 0 spiro atoms. The van der Waals surface area contributed by atoms with E-state index in [4.69, 9.17) is 4.74 Å². The second-order valence-electron chi connectivity index (χ2n) is 12.0. The zero-order valence-corrected chi connectivity index (χ0v) is 28.1. The molecule has 5 rings (SSSR count). The second-order valence-corrected chi connectivity index (χ2v) is 12.0. The van der Waals surface area contributed by atoms with Gasteiger partial charge in [-0.25, -0.2) is 4.79 Å². The molecule has 0 saturated heterocycles. The van der Waals surface area contributed by atoms with Gasteiger partial charge in [-0.1, -0.05) is 30.3 Å². The molecule has 0 heterocycles. The first-order chi connectivity index (χ1) is 25.3. The van der Waals surface area contributed by atoms with Gasteiger partial charge in [0.25, 0.3) is 11.8 Å². The lowest BCUT2D eigenvalue weighted by molar-refractivity contribution is -0.288. The van der Waals surface area contributed by atoms with E-state index < -0.39 is 69.2 Å². The van der Waals surface area contributed by atoms with Crippen molar-refractivity contribution in [3.63, 3.8) is 0 Å². The van der Waals surface area contributed by atoms with Crippen LogP contribution in [0, 0.1) is 6.92 Å². The number of carboxylic acids is 1. The zero-order chi connectivity index (χ0) is 39.6. The molecule has 0 aliphatic rings. The number of aryl methyl sites for hydroxylation is 1. The minimum Gasteiger partial charge on any atom is -0.506 e. The highest BCUT2D eigenvalue weighted by Gasteiger charge is 2.72. The third kappa shape index (κ3) is 7.60. The SMILES string of the molecule is CC(=O)c1ccc(Oc2ccc(C(=O)Nc3cc(C(c4ccc(O)c(NC(=O)c5ccccc5C(=O)O)c4)(C(F)(F)F)C(F)(F)F)ccc3C)cc2)cc1. The number of phenols is 1. The Morgan fingerprint density at radius 1 is 0.611 bits per heavy atom. The van der Waals surface area contributed by atoms with Gasteiger partial charge < -0.3 is 25.6 Å². The largest absolute Gasteiger partial charge is 0.506 e. The van der Waals surface area contributed by atoms with Crippen LogP contribution in [-0.4, -0.2) is 46.1 Å². The summed E-state index contributed by atoms with van der Waals surface area (Å²) in [5, 5.41) is 24.2. The van der Waals surface area contributed by atoms with Gasteiger partial charge in [0.2, 0.25) is 5.41 Å². The number of amides is 2. The molecule has 5 aromatic rings. The molecule has 9 nitrogen and oxygen atoms in total. The number of benzene rings is 5. The van der Waals surface area contributed by atoms with E-state index in [0.29, 0.717) is 41.6 Å². The standard InChI is InChI=1S/C39H28F6N2O7/c1-21-7-12-25(19-31(21)46-34(50)24-10-16-28(17-11-24)54-27-14-8-23(9-15-27)22(2)48)37(38(40,41)42,39(43,44)45)26-13-18-33(49)32(20-26)47-35(51)29-5-3-4-6-30(29)36(52)53/h3-20,49H,1-2H3,(H,46,50)(H,47,51)(H,52,53). The van der Waals surface area contributed by atoms with E-state index in [2.05, 4.69) is 5.32 Å². The van der Waals surface area contributed by atoms with E-state index in [9.17, 15) is 29.4 Å². The molecule has 54 heavy (non-hydrogen) atoms. The van der Waals surface area contributed by atoms with E-state index in [-0.39, 0.29) is 28.3 Å². The van der Waals surface area contributed by atoms with Gasteiger partial charge in [-0.15, -0.1) is 0 Å². The molecule has 2 amide bonds. The van der Waals surface area contributed by atoms with Gasteiger partial charge in [-0.05, 0) is 109 Å². The summed E-state index contributed by atoms with van der Waals surface area (Å²) >= 11 is 0. The molecular weight excluding hydrogens is 722 g/mol. The number of halogens is 6. The van der Waals surface area contributed by atoms with Crippen LogP contribution in [0.4, 0.5) is 37.7 Å². The summed E-state index contributed by atoms with van der Waals surface area (Å²) < 4.78 is 96.3. The molecule has 0 aliphatic heterocycles. The number of aromatic hydroxyl groups is 1. The fourth-order valence-electron chi connectivity index (χ4n) is 5.66. The third-order valence-electron chi connectivity index (χ3n) is 8.46. The monoisotopic (exact) mass is 750 g/mol. The Kier molecular flexibility index (Phi) is 10.6. The number of carbonyl (C=O) groups is 4. The summed E-state index contributed by atoms with van der Waals surface area (Å²) in [5.41, 5.74) is -9.21. The second kappa shape index (κ2) is 14.8. The first-order valence-corrected chi connectivity index (χ1v) is 15.8. The van der Waals surface area contributed by atoms with Crippen molar-refractivity contribution in [2.75, 3.05) is 10.6 Å². The van der Waals surface area contributed by atoms with Crippen LogP contribution >= 0.6 is 0 Å². The van der Waals surface area contributed by atoms with Gasteiger partial charge in [0.05, 0.1) is 16.8 Å². The Balaban J connectivity index is 1.49. The predicted molar refractivity (Wildman–Crippen MR) is 184 cm³/mol. The minimum atomic E-state index is -6.09. The van der Waals surface area contributed by atoms with Crippen LogP contribution in [0.5, 0.6) is 17.2 Å². The molecular formula is C39H28F6N2O7. The van der Waals surface area contributed by atoms with Crippen LogP contribution in [0.1, 0.15) is 65.0 Å². The maximum atomic E-state index is 15.1. The minimum absolute atomic E-state index is 0.0135. The number of aromatic carboxylic acids is 1. The lowest BCUT2D eigenvalue weighted by Crippen LogP contribution is -2.54. The molecule has 4 N–H and O–H groups in total. The van der Waals surface area contributed by atoms with Crippen molar-refractivity contribution < 1.29 is 60.5 Å². The number of hydrogen-bond acceptors (Lipinski definition) is 6. The highest BCUT2D eigenvalue weighted by molar-refractivity contribution is 6.11. The van der Waals surface area contributed by atoms with E-state index in [1.165, 1.54) is 50.2 Å². The molecule has 0 bridgehead atoms. The normalized spacial score (nSPS) is 11.8. The quantitative estimate of drug-likeness (QED) is 0.0633. The first kappa shape index (κ1) is 38.6. The average molecular weight is 751 g/mol. The van der Waals surface area contributed by atoms with Gasteiger partial charge in [0.1, 0.15) is 17.2 Å². The fraction of sp³-hybridized carbons (Fsp3) is 0.128. The highest BCUT2D eigenvalue weighted by Crippen LogP contribution is 2.57. The number of alkyl halides is 6. The van der Waals surface area contributed by atoms with Crippen molar-refractivity contribution in [2.45, 2.75) is 31.6 Å². The van der Waals surface area contributed by atoms with Crippen molar-refractivity contribution in [2.24, 2.45) is 0 Å². The molecule has 0 unspecified atom stereocenters. The van der Waals surface area contributed by atoms with Crippen LogP contribution in [0.2, 0.25) is 0 Å². The van der Waals surface area contributed by atoms with Crippen molar-refractivity contribution in [1.29, 1.82) is 0 Å². The molecule has 0 saturated carbocycles. The van der Waals surface area contributed by atoms with E-state index >= 15 is 26.3 Å². The van der Waals surface area contributed by atoms with Gasteiger partial charge in [-0.2, -0.15) is 26.3 Å². The summed E-state index contributed by atoms with van der Waals surface area (Å²) in [6, 6.07) is 19.8. The lowest BCUT2D eigenvalue weighted by Gasteiger charge is -2.38. The Bertz CT molecular complexity index is 2240. The maximum absolute atomic E-state index is 15.1. The molecule has 15 heteroatoms. The molecule has 0 aromatic heterocycles. The summed E-state index contributed by atoms with van der Waals surface area (Å²) in [5.74, 6) is -4.00. The molecule has 0 atom stereocenters. The smallest absolute Gasteiger partial charge is 0.411 e. The number of ketones is 1. The van der Waals surface area contributed by atoms with E-state index in [1.54, 1.807) is 24.3 Å². The predicted octanol–water partition coefficient (Wildman–Crippen LogP) is 9.31. The van der Waals surface area contributed by atoms with Gasteiger partial charge in [0, 0.05) is 16.8 Å². The Labute approximate surface area is 302 Å². The number of phenolic OH excluding ortho intramolecular Hbond substituents is 1. The van der Waals surface area contributed by atoms with Crippen molar-refractivity contribution in [3.05, 3.63) is 148 Å². The number of rotatable bonds is 10. The number of carboxylic acid groups (broad SMARTS) is 1. The summed E-state index contributed by atoms with van der Waals surface area (Å²) in [4.78, 5) is 49.2. The summed E-state index contributed by atoms with van der Waals surface area (Å²) in [6.45, 7) is 2.77. The fourth-order valence-corrected chi connectivity index (χ4v) is 5.66. The van der Waals surface area contributed by atoms with Crippen LogP contribution in [0.3, 0.4) is 0 Å². The Morgan fingerprint density at radius 3 is 1.61 bits per heavy atom. The van der Waals surface area contributed by atoms with Crippen LogP contribution in [-0.2, 0) is 5.41 Å². The maximum Gasteiger partial charge on any atom is 0.411 e. The van der Waals surface area contributed by atoms with Crippen LogP contribution in [0.15, 0.2) is 109 Å². The third-order valence-corrected chi connectivity index (χ3v) is 8.46. The molecule has 0 fully saturated rings. The molecule has 278 valence electrons. The number of nitrogens with one attached hydrogen (secondary N) is 2. The molecule has 0 aliphatic carbocycles. The Hall–Kier alpha value is -6.64. The number of ether oxygens (including phenoxy) is 1. The van der Waals surface area contributed by atoms with E-state index in [1.807, 2.05) is 5.32 Å². The van der Waals surface area contributed by atoms with Crippen LogP contribution < -0.4 is 15.4 Å². The molecule has 5 aromatic carbocycles. The van der Waals surface area contributed by atoms with Gasteiger partial charge >= 0.3 is 18.3 Å². The number of carbonyl (C=O) groups excluding carboxylic acids is 3. The highest BCUT2D eigenvalue weighted by atomic mass is 19.4. The Morgan fingerprint density at radius 2 is 1.09 bits per heavy atom. The number of hydrogen-bond donors (Lipinski definition) is 4. The number of Topliss-reactive ketones (excluding diaryl/α,β-unsaturated/α-hetero) is 1. The van der Waals surface area contributed by atoms with Gasteiger partial charge in [0.15, 0.2) is 5.78 Å². The van der Waals surface area contributed by atoms with Crippen molar-refractivity contribution in [1.82, 2.24) is 0 Å². The van der Waals surface area contributed by atoms with E-state index in [0.717, 1.165) is 18.2 Å². The number of anilines is 2. The average Bonchev–Trinajstić information content (AvgIpc) is 3.10. The van der Waals surface area contributed by atoms with Crippen LogP contribution in [0.25, 0.3) is 0 Å². The van der Waals surface area contributed by atoms with Gasteiger partial charge in [-0.3, -0.25) is 14.4 Å². The summed E-state index contributed by atoms with van der Waals surface area (Å²) in [6.07, 6.45) is -12.2. The first-order valence-electron chi connectivity index (χ1n) is 15.8. The molecule has 0 radical (unpaired) electrons. The topological polar surface area (TPSA) is 142 Å². The van der Waals surface area contributed by atoms with Crippen molar-refractivity contribution >= 4 is 34.9 Å². The van der Waals surface area contributed by atoms with Crippen molar-refractivity contribution in [3.8, 4) is 17.2 Å². The zero-order valence-electron chi connectivity index (χ0n) is 28.1. The lowest BCUT2D eigenvalue weighted by atomic mass is 9.72.